The van der Waals surface area contributed by atoms with E-state index in [9.17, 15) is 19.8 Å². The summed E-state index contributed by atoms with van der Waals surface area (Å²) < 4.78 is 11.2. The van der Waals surface area contributed by atoms with Crippen molar-refractivity contribution in [2.75, 3.05) is 6.61 Å². The number of aromatic nitrogens is 1. The number of Topliss-reactive ketones (excluding diaryl/α,β-unsaturated/α-hetero) is 1. The van der Waals surface area contributed by atoms with Gasteiger partial charge in [-0.1, -0.05) is 32.4 Å². The first-order chi connectivity index (χ1) is 17.9. The van der Waals surface area contributed by atoms with Crippen LogP contribution in [0.1, 0.15) is 90.3 Å². The predicted molar refractivity (Wildman–Crippen MR) is 150 cm³/mol. The lowest BCUT2D eigenvalue weighted by Crippen LogP contribution is -2.46. The number of hydrogen-bond acceptors (Lipinski definition) is 8. The minimum absolute atomic E-state index is 0.0674. The molecule has 38 heavy (non-hydrogen) atoms. The van der Waals surface area contributed by atoms with Crippen molar-refractivity contribution in [1.82, 2.24) is 4.98 Å². The Bertz CT molecular complexity index is 1020. The van der Waals surface area contributed by atoms with E-state index < -0.39 is 35.6 Å². The molecule has 1 saturated heterocycles. The number of nitrogens with zero attached hydrogens (tertiary/aromatic N) is 1. The van der Waals surface area contributed by atoms with Crippen molar-refractivity contribution in [2.24, 2.45) is 17.3 Å². The molecule has 8 heteroatoms. The van der Waals surface area contributed by atoms with Crippen LogP contribution in [0, 0.1) is 24.2 Å². The number of epoxide rings is 1. The number of ketones is 1. The summed E-state index contributed by atoms with van der Waals surface area (Å²) in [5, 5.41) is 25.3. The molecule has 6 unspecified atom stereocenters. The number of esters is 1. The van der Waals surface area contributed by atoms with Gasteiger partial charge in [0.1, 0.15) is 11.9 Å². The number of aryl methyl sites for hydroxylation is 1. The predicted octanol–water partition coefficient (Wildman–Crippen LogP) is 5.43. The first-order valence-corrected chi connectivity index (χ1v) is 14.7. The van der Waals surface area contributed by atoms with E-state index in [-0.39, 0.29) is 24.2 Å². The number of cyclic esters (lactones) is 1. The van der Waals surface area contributed by atoms with E-state index in [1.165, 1.54) is 5.57 Å². The Morgan fingerprint density at radius 3 is 2.58 bits per heavy atom. The smallest absolute Gasteiger partial charge is 0.309 e. The number of rotatable bonds is 5. The minimum atomic E-state index is -1.24. The van der Waals surface area contributed by atoms with E-state index in [4.69, 9.17) is 9.47 Å². The lowest BCUT2D eigenvalue weighted by atomic mass is 9.71. The molecule has 0 aliphatic carbocycles. The third-order valence-corrected chi connectivity index (χ3v) is 8.86. The van der Waals surface area contributed by atoms with Gasteiger partial charge in [0.05, 0.1) is 47.5 Å². The van der Waals surface area contributed by atoms with Crippen molar-refractivity contribution in [3.63, 3.8) is 0 Å². The lowest BCUT2D eigenvalue weighted by molar-refractivity contribution is -0.154. The third kappa shape index (κ3) is 8.57. The van der Waals surface area contributed by atoms with E-state index in [0.717, 1.165) is 35.5 Å². The van der Waals surface area contributed by atoms with Gasteiger partial charge in [-0.3, -0.25) is 9.59 Å². The Balaban J connectivity index is 1.85. The molecule has 3 rings (SSSR count). The Labute approximate surface area is 231 Å². The Hall–Kier alpha value is -1.87. The molecule has 0 amide bonds. The number of hydrogen-bond donors (Lipinski definition) is 2. The maximum absolute atomic E-state index is 13.8. The molecule has 212 valence electrons. The van der Waals surface area contributed by atoms with Gasteiger partial charge in [-0.2, -0.15) is 0 Å². The van der Waals surface area contributed by atoms with Crippen molar-refractivity contribution in [2.45, 2.75) is 111 Å². The fourth-order valence-electron chi connectivity index (χ4n) is 5.10. The molecule has 0 bridgehead atoms. The van der Waals surface area contributed by atoms with Gasteiger partial charge in [-0.25, -0.2) is 4.98 Å². The zero-order chi connectivity index (χ0) is 28.0. The van der Waals surface area contributed by atoms with Gasteiger partial charge in [-0.05, 0) is 70.4 Å². The van der Waals surface area contributed by atoms with Crippen LogP contribution in [0.15, 0.2) is 22.6 Å². The van der Waals surface area contributed by atoms with Crippen LogP contribution in [0.25, 0.3) is 6.08 Å². The van der Waals surface area contributed by atoms with Crippen molar-refractivity contribution in [3.8, 4) is 0 Å². The van der Waals surface area contributed by atoms with E-state index in [0.29, 0.717) is 25.9 Å². The number of ether oxygens (including phenoxy) is 2. The highest BCUT2D eigenvalue weighted by atomic mass is 32.1. The van der Waals surface area contributed by atoms with Crippen LogP contribution in [0.4, 0.5) is 0 Å². The quantitative estimate of drug-likeness (QED) is 0.288. The van der Waals surface area contributed by atoms with Crippen LogP contribution in [0.5, 0.6) is 0 Å². The standard InChI is InChI=1S/C30H45NO6S/c1-18-8-7-9-19(2)28(34)24(12-11-23-16-36-23)29(35)30(5,6)26(32)15-27(33)37-25(13-10-18)20(3)14-22-17-38-21(4)31-22/h10,14,17,19,23-26,28,32,34H,7-9,11-13,15-16H2,1-6H3/b18-10+,20-14?. The largest absolute Gasteiger partial charge is 0.457 e. The van der Waals surface area contributed by atoms with Crippen LogP contribution in [-0.2, 0) is 19.1 Å². The number of aliphatic hydroxyl groups excluding tert-OH is 2. The van der Waals surface area contributed by atoms with E-state index >= 15 is 0 Å². The second-order valence-electron chi connectivity index (χ2n) is 11.7. The van der Waals surface area contributed by atoms with Crippen LogP contribution < -0.4 is 0 Å². The first kappa shape index (κ1) is 30.7. The molecule has 7 nitrogen and oxygen atoms in total. The summed E-state index contributed by atoms with van der Waals surface area (Å²) in [4.78, 5) is 31.3. The lowest BCUT2D eigenvalue weighted by Gasteiger charge is -2.36. The number of carbonyl (C=O) groups excluding carboxylic acids is 2. The zero-order valence-corrected chi connectivity index (χ0v) is 24.6. The summed E-state index contributed by atoms with van der Waals surface area (Å²) in [5.74, 6) is -1.46. The summed E-state index contributed by atoms with van der Waals surface area (Å²) in [6.07, 6.45) is 5.59. The number of thiazole rings is 1. The molecule has 2 N–H and O–H groups in total. The molecule has 6 atom stereocenters. The fraction of sp³-hybridized carbons (Fsp3) is 0.700. The third-order valence-electron chi connectivity index (χ3n) is 8.07. The molecule has 3 heterocycles. The van der Waals surface area contributed by atoms with Gasteiger partial charge in [0.15, 0.2) is 0 Å². The zero-order valence-electron chi connectivity index (χ0n) is 23.7. The van der Waals surface area contributed by atoms with Crippen molar-refractivity contribution in [3.05, 3.63) is 33.3 Å². The highest BCUT2D eigenvalue weighted by Gasteiger charge is 2.44. The monoisotopic (exact) mass is 547 g/mol. The molecular formula is C30H45NO6S. The van der Waals surface area contributed by atoms with E-state index in [2.05, 4.69) is 18.0 Å². The molecule has 1 aromatic rings. The van der Waals surface area contributed by atoms with Crippen LogP contribution in [-0.4, -0.2) is 58.0 Å². The minimum Gasteiger partial charge on any atom is -0.457 e. The number of aliphatic hydroxyl groups is 2. The summed E-state index contributed by atoms with van der Waals surface area (Å²) in [6, 6.07) is 0. The Kier molecular flexibility index (Phi) is 10.9. The van der Waals surface area contributed by atoms with Crippen molar-refractivity contribution < 1.29 is 29.3 Å². The maximum Gasteiger partial charge on any atom is 0.309 e. The SMILES string of the molecule is CC(=Cc1csc(C)n1)C1C/C=C(\C)CCCC(C)C(O)C(CCC2CO2)C(=O)C(C)(C)C(O)CC(=O)O1. The Morgan fingerprint density at radius 2 is 1.95 bits per heavy atom. The molecule has 0 saturated carbocycles. The number of allylic oxidation sites excluding steroid dienone is 1. The highest BCUT2D eigenvalue weighted by Crippen LogP contribution is 2.35. The molecule has 0 radical (unpaired) electrons. The molecular weight excluding hydrogens is 502 g/mol. The average Bonchev–Trinajstić information content (AvgIpc) is 3.60. The van der Waals surface area contributed by atoms with Gasteiger partial charge in [0.25, 0.3) is 0 Å². The summed E-state index contributed by atoms with van der Waals surface area (Å²) in [6.45, 7) is 11.9. The molecule has 2 aliphatic heterocycles. The normalized spacial score (nSPS) is 33.4. The molecule has 0 aromatic carbocycles. The molecule has 2 aliphatic rings. The van der Waals surface area contributed by atoms with Gasteiger partial charge >= 0.3 is 5.97 Å². The van der Waals surface area contributed by atoms with E-state index in [1.807, 2.05) is 32.2 Å². The van der Waals surface area contributed by atoms with Crippen molar-refractivity contribution in [1.29, 1.82) is 0 Å². The second kappa shape index (κ2) is 13.5. The summed E-state index contributed by atoms with van der Waals surface area (Å²) in [7, 11) is 0. The van der Waals surface area contributed by atoms with Gasteiger partial charge in [0.2, 0.25) is 0 Å². The Morgan fingerprint density at radius 1 is 1.24 bits per heavy atom. The molecule has 1 aromatic heterocycles. The van der Waals surface area contributed by atoms with Crippen LogP contribution in [0.3, 0.4) is 0 Å². The first-order valence-electron chi connectivity index (χ1n) is 13.9. The van der Waals surface area contributed by atoms with Gasteiger partial charge < -0.3 is 19.7 Å². The maximum atomic E-state index is 13.8. The van der Waals surface area contributed by atoms with Crippen LogP contribution in [0.2, 0.25) is 0 Å². The van der Waals surface area contributed by atoms with Crippen LogP contribution >= 0.6 is 11.3 Å². The summed E-state index contributed by atoms with van der Waals surface area (Å²) >= 11 is 1.56. The number of carbonyl (C=O) groups is 2. The van der Waals surface area contributed by atoms with E-state index in [1.54, 1.807) is 25.2 Å². The average molecular weight is 548 g/mol. The topological polar surface area (TPSA) is 109 Å². The molecule has 1 fully saturated rings. The molecule has 0 spiro atoms. The second-order valence-corrected chi connectivity index (χ2v) is 12.8. The highest BCUT2D eigenvalue weighted by molar-refractivity contribution is 7.09. The van der Waals surface area contributed by atoms with Gasteiger partial charge in [-0.15, -0.1) is 11.3 Å². The fourth-order valence-corrected chi connectivity index (χ4v) is 5.67. The van der Waals surface area contributed by atoms with Gasteiger partial charge in [0, 0.05) is 17.7 Å². The summed E-state index contributed by atoms with van der Waals surface area (Å²) in [5.41, 5.74) is 1.67. The van der Waals surface area contributed by atoms with Crippen molar-refractivity contribution >= 4 is 29.2 Å².